The highest BCUT2D eigenvalue weighted by atomic mass is 16.5. The third kappa shape index (κ3) is 4.59. The second kappa shape index (κ2) is 8.90. The Morgan fingerprint density at radius 1 is 1.00 bits per heavy atom. The van der Waals surface area contributed by atoms with Crippen LogP contribution < -0.4 is 19.5 Å². The van der Waals surface area contributed by atoms with Crippen LogP contribution in [-0.2, 0) is 11.2 Å². The van der Waals surface area contributed by atoms with Gasteiger partial charge in [-0.15, -0.1) is 10.2 Å². The molecule has 1 N–H and O–H groups in total. The summed E-state index contributed by atoms with van der Waals surface area (Å²) in [5.74, 6) is 2.43. The van der Waals surface area contributed by atoms with Crippen molar-refractivity contribution in [2.24, 2.45) is 0 Å². The van der Waals surface area contributed by atoms with Crippen LogP contribution in [0.25, 0.3) is 11.5 Å². The fourth-order valence-corrected chi connectivity index (χ4v) is 2.57. The summed E-state index contributed by atoms with van der Waals surface area (Å²) in [6.45, 7) is 0. The molecule has 1 aromatic heterocycles. The second-order valence-corrected chi connectivity index (χ2v) is 5.85. The molecule has 0 atom stereocenters. The molecule has 8 heteroatoms. The molecule has 8 nitrogen and oxygen atoms in total. The Morgan fingerprint density at radius 3 is 2.54 bits per heavy atom. The van der Waals surface area contributed by atoms with Gasteiger partial charge in [-0.2, -0.15) is 0 Å². The standard InChI is InChI=1S/C20H21N3O5/c1-25-14-6-4-5-13(11-14)20-23-22-19(28-20)10-9-18(24)21-16-12-15(26-2)7-8-17(16)27-3/h4-8,11-12H,9-10H2,1-3H3,(H,21,24). The fourth-order valence-electron chi connectivity index (χ4n) is 2.57. The Labute approximate surface area is 162 Å². The van der Waals surface area contributed by atoms with Crippen LogP contribution in [0.2, 0.25) is 0 Å². The minimum Gasteiger partial charge on any atom is -0.497 e. The molecule has 28 heavy (non-hydrogen) atoms. The number of hydrogen-bond acceptors (Lipinski definition) is 7. The van der Waals surface area contributed by atoms with Crippen molar-refractivity contribution in [3.05, 3.63) is 48.4 Å². The van der Waals surface area contributed by atoms with E-state index in [9.17, 15) is 4.79 Å². The van der Waals surface area contributed by atoms with Gasteiger partial charge in [-0.25, -0.2) is 0 Å². The summed E-state index contributed by atoms with van der Waals surface area (Å²) < 4.78 is 21.3. The lowest BCUT2D eigenvalue weighted by Gasteiger charge is -2.11. The zero-order valence-corrected chi connectivity index (χ0v) is 15.9. The first-order valence-corrected chi connectivity index (χ1v) is 8.61. The number of benzene rings is 2. The summed E-state index contributed by atoms with van der Waals surface area (Å²) in [7, 11) is 4.69. The van der Waals surface area contributed by atoms with E-state index in [0.29, 0.717) is 41.1 Å². The van der Waals surface area contributed by atoms with E-state index < -0.39 is 0 Å². The highest BCUT2D eigenvalue weighted by molar-refractivity contribution is 5.92. The molecule has 146 valence electrons. The van der Waals surface area contributed by atoms with Crippen molar-refractivity contribution in [1.82, 2.24) is 10.2 Å². The van der Waals surface area contributed by atoms with Crippen LogP contribution in [0, 0.1) is 0 Å². The maximum Gasteiger partial charge on any atom is 0.247 e. The maximum atomic E-state index is 12.3. The van der Waals surface area contributed by atoms with E-state index in [-0.39, 0.29) is 12.3 Å². The van der Waals surface area contributed by atoms with Gasteiger partial charge in [0.2, 0.25) is 17.7 Å². The van der Waals surface area contributed by atoms with E-state index in [1.54, 1.807) is 38.5 Å². The number of amides is 1. The summed E-state index contributed by atoms with van der Waals surface area (Å²) in [4.78, 5) is 12.3. The lowest BCUT2D eigenvalue weighted by Crippen LogP contribution is -2.13. The number of anilines is 1. The summed E-state index contributed by atoms with van der Waals surface area (Å²) >= 11 is 0. The number of hydrogen-bond donors (Lipinski definition) is 1. The molecule has 2 aromatic carbocycles. The number of carbonyl (C=O) groups excluding carboxylic acids is 1. The summed E-state index contributed by atoms with van der Waals surface area (Å²) in [6.07, 6.45) is 0.495. The van der Waals surface area contributed by atoms with Gasteiger partial charge in [-0.05, 0) is 30.3 Å². The van der Waals surface area contributed by atoms with Crippen LogP contribution in [0.5, 0.6) is 17.2 Å². The topological polar surface area (TPSA) is 95.7 Å². The summed E-state index contributed by atoms with van der Waals surface area (Å²) in [5, 5.41) is 10.8. The van der Waals surface area contributed by atoms with Gasteiger partial charge in [-0.3, -0.25) is 4.79 Å². The Kier molecular flexibility index (Phi) is 6.11. The molecule has 0 saturated carbocycles. The summed E-state index contributed by atoms with van der Waals surface area (Å²) in [6, 6.07) is 12.5. The number of aryl methyl sites for hydroxylation is 1. The van der Waals surface area contributed by atoms with Crippen molar-refractivity contribution >= 4 is 11.6 Å². The molecular formula is C20H21N3O5. The minimum atomic E-state index is -0.201. The van der Waals surface area contributed by atoms with Crippen molar-refractivity contribution in [3.63, 3.8) is 0 Å². The number of nitrogens with zero attached hydrogens (tertiary/aromatic N) is 2. The van der Waals surface area contributed by atoms with Crippen LogP contribution in [-0.4, -0.2) is 37.4 Å². The molecule has 0 aliphatic carbocycles. The SMILES string of the molecule is COc1cccc(-c2nnc(CCC(=O)Nc3cc(OC)ccc3OC)o2)c1. The normalized spacial score (nSPS) is 10.4. The first-order valence-electron chi connectivity index (χ1n) is 8.61. The second-order valence-electron chi connectivity index (χ2n) is 5.85. The first kappa shape index (κ1) is 19.2. The van der Waals surface area contributed by atoms with Gasteiger partial charge in [0.05, 0.1) is 27.0 Å². The number of carbonyl (C=O) groups is 1. The van der Waals surface area contributed by atoms with Gasteiger partial charge in [0.1, 0.15) is 17.2 Å². The Balaban J connectivity index is 1.62. The first-order chi connectivity index (χ1) is 13.6. The van der Waals surface area contributed by atoms with Crippen molar-refractivity contribution in [1.29, 1.82) is 0 Å². The monoisotopic (exact) mass is 383 g/mol. The molecule has 0 spiro atoms. The van der Waals surface area contributed by atoms with Crippen molar-refractivity contribution in [2.45, 2.75) is 12.8 Å². The number of nitrogens with one attached hydrogen (secondary N) is 1. The smallest absolute Gasteiger partial charge is 0.247 e. The predicted molar refractivity (Wildman–Crippen MR) is 103 cm³/mol. The average molecular weight is 383 g/mol. The Morgan fingerprint density at radius 2 is 1.79 bits per heavy atom. The molecule has 0 aliphatic rings. The van der Waals surface area contributed by atoms with Crippen LogP contribution in [0.4, 0.5) is 5.69 Å². The van der Waals surface area contributed by atoms with E-state index in [2.05, 4.69) is 15.5 Å². The fraction of sp³-hybridized carbons (Fsp3) is 0.250. The van der Waals surface area contributed by atoms with Gasteiger partial charge in [0, 0.05) is 24.5 Å². The van der Waals surface area contributed by atoms with E-state index in [1.807, 2.05) is 18.2 Å². The minimum absolute atomic E-state index is 0.181. The highest BCUT2D eigenvalue weighted by Crippen LogP contribution is 2.29. The zero-order valence-electron chi connectivity index (χ0n) is 15.9. The quantitative estimate of drug-likeness (QED) is 0.637. The van der Waals surface area contributed by atoms with Crippen molar-refractivity contribution < 1.29 is 23.4 Å². The number of methoxy groups -OCH3 is 3. The van der Waals surface area contributed by atoms with Crippen LogP contribution >= 0.6 is 0 Å². The average Bonchev–Trinajstić information content (AvgIpc) is 3.21. The van der Waals surface area contributed by atoms with Gasteiger partial charge in [-0.1, -0.05) is 6.07 Å². The largest absolute Gasteiger partial charge is 0.497 e. The van der Waals surface area contributed by atoms with Gasteiger partial charge in [0.15, 0.2) is 0 Å². The van der Waals surface area contributed by atoms with Gasteiger partial charge >= 0.3 is 0 Å². The molecule has 0 saturated heterocycles. The number of ether oxygens (including phenoxy) is 3. The Bertz CT molecular complexity index is 955. The van der Waals surface area contributed by atoms with Gasteiger partial charge in [0.25, 0.3) is 0 Å². The van der Waals surface area contributed by atoms with Crippen molar-refractivity contribution in [2.75, 3.05) is 26.6 Å². The molecule has 3 rings (SSSR count). The molecule has 3 aromatic rings. The third-order valence-corrected chi connectivity index (χ3v) is 4.03. The van der Waals surface area contributed by atoms with E-state index in [1.165, 1.54) is 7.11 Å². The molecule has 0 radical (unpaired) electrons. The third-order valence-electron chi connectivity index (χ3n) is 4.03. The molecule has 0 bridgehead atoms. The molecule has 0 unspecified atom stereocenters. The van der Waals surface area contributed by atoms with Crippen LogP contribution in [0.3, 0.4) is 0 Å². The lowest BCUT2D eigenvalue weighted by molar-refractivity contribution is -0.116. The van der Waals surface area contributed by atoms with E-state index in [0.717, 1.165) is 5.56 Å². The molecular weight excluding hydrogens is 362 g/mol. The van der Waals surface area contributed by atoms with Crippen LogP contribution in [0.1, 0.15) is 12.3 Å². The molecule has 1 amide bonds. The summed E-state index contributed by atoms with van der Waals surface area (Å²) in [5.41, 5.74) is 1.29. The maximum absolute atomic E-state index is 12.3. The van der Waals surface area contributed by atoms with E-state index in [4.69, 9.17) is 18.6 Å². The molecule has 1 heterocycles. The molecule has 0 fully saturated rings. The lowest BCUT2D eigenvalue weighted by atomic mass is 10.2. The van der Waals surface area contributed by atoms with E-state index >= 15 is 0 Å². The number of aromatic nitrogens is 2. The number of rotatable bonds is 8. The molecule has 0 aliphatic heterocycles. The zero-order chi connectivity index (χ0) is 19.9. The Hall–Kier alpha value is -3.55. The predicted octanol–water partition coefficient (Wildman–Crippen LogP) is 3.33. The highest BCUT2D eigenvalue weighted by Gasteiger charge is 2.13. The van der Waals surface area contributed by atoms with Gasteiger partial charge < -0.3 is 23.9 Å². The van der Waals surface area contributed by atoms with Crippen LogP contribution in [0.15, 0.2) is 46.9 Å². The van der Waals surface area contributed by atoms with Crippen molar-refractivity contribution in [3.8, 4) is 28.7 Å².